The maximum Gasteiger partial charge on any atom is 0.120 e. The predicted octanol–water partition coefficient (Wildman–Crippen LogP) is 5.33. The largest absolute Gasteiger partial charge is 0.491 e. The number of fused-ring (bicyclic) bond motifs is 1. The first-order valence-corrected chi connectivity index (χ1v) is 10.1. The van der Waals surface area contributed by atoms with E-state index in [9.17, 15) is 0 Å². The zero-order valence-corrected chi connectivity index (χ0v) is 17.6. The topological polar surface area (TPSA) is 36.9 Å². The van der Waals surface area contributed by atoms with Crippen LogP contribution in [-0.2, 0) is 14.2 Å². The van der Waals surface area contributed by atoms with Gasteiger partial charge in [0.05, 0.1) is 33.0 Å². The molecule has 0 saturated heterocycles. The van der Waals surface area contributed by atoms with Crippen LogP contribution >= 0.6 is 15.9 Å². The second kappa shape index (κ2) is 11.2. The molecule has 0 atom stereocenters. The lowest BCUT2D eigenvalue weighted by Gasteiger charge is -2.10. The number of hydrogen-bond acceptors (Lipinski definition) is 4. The zero-order valence-electron chi connectivity index (χ0n) is 16.0. The molecule has 0 aliphatic rings. The van der Waals surface area contributed by atoms with Crippen molar-refractivity contribution in [2.24, 2.45) is 0 Å². The molecule has 3 rings (SSSR count). The van der Waals surface area contributed by atoms with Crippen LogP contribution in [0, 0.1) is 0 Å². The molecule has 0 aliphatic heterocycles. The van der Waals surface area contributed by atoms with Crippen molar-refractivity contribution >= 4 is 26.7 Å². The van der Waals surface area contributed by atoms with E-state index in [0.717, 1.165) is 15.6 Å². The average Bonchev–Trinajstić information content (AvgIpc) is 2.72. The first-order valence-electron chi connectivity index (χ1n) is 9.34. The van der Waals surface area contributed by atoms with Crippen LogP contribution in [0.4, 0.5) is 0 Å². The molecule has 0 saturated carbocycles. The van der Waals surface area contributed by atoms with Crippen LogP contribution in [0.2, 0.25) is 0 Å². The summed E-state index contributed by atoms with van der Waals surface area (Å²) >= 11 is 3.63. The summed E-state index contributed by atoms with van der Waals surface area (Å²) in [5.74, 6) is 0.848. The highest BCUT2D eigenvalue weighted by Gasteiger charge is 2.04. The Labute approximate surface area is 174 Å². The van der Waals surface area contributed by atoms with Gasteiger partial charge in [-0.25, -0.2) is 0 Å². The predicted molar refractivity (Wildman–Crippen MR) is 116 cm³/mol. The van der Waals surface area contributed by atoms with Crippen LogP contribution in [0.15, 0.2) is 65.1 Å². The summed E-state index contributed by atoms with van der Waals surface area (Å²) in [7, 11) is 1.66. The quantitative estimate of drug-likeness (QED) is 0.374. The van der Waals surface area contributed by atoms with Crippen molar-refractivity contribution in [1.29, 1.82) is 0 Å². The maximum atomic E-state index is 5.80. The van der Waals surface area contributed by atoms with Crippen LogP contribution in [-0.4, -0.2) is 46.8 Å². The van der Waals surface area contributed by atoms with Crippen LogP contribution in [0.3, 0.4) is 0 Å². The smallest absolute Gasteiger partial charge is 0.120 e. The summed E-state index contributed by atoms with van der Waals surface area (Å²) < 4.78 is 22.7. The van der Waals surface area contributed by atoms with Gasteiger partial charge in [-0.2, -0.15) is 0 Å². The Hall–Kier alpha value is -1.92. The van der Waals surface area contributed by atoms with Gasteiger partial charge in [-0.15, -0.1) is 0 Å². The first-order chi connectivity index (χ1) is 13.8. The fourth-order valence-corrected chi connectivity index (χ4v) is 3.37. The van der Waals surface area contributed by atoms with E-state index in [1.54, 1.807) is 7.11 Å². The molecule has 0 radical (unpaired) electrons. The lowest BCUT2D eigenvalue weighted by Crippen LogP contribution is -2.12. The van der Waals surface area contributed by atoms with E-state index in [-0.39, 0.29) is 0 Å². The van der Waals surface area contributed by atoms with E-state index in [2.05, 4.69) is 64.5 Å². The van der Waals surface area contributed by atoms with Gasteiger partial charge in [-0.3, -0.25) is 0 Å². The molecule has 0 bridgehead atoms. The Balaban J connectivity index is 1.50. The third kappa shape index (κ3) is 6.04. The van der Waals surface area contributed by atoms with Gasteiger partial charge in [0.1, 0.15) is 12.4 Å². The van der Waals surface area contributed by atoms with E-state index in [0.29, 0.717) is 39.6 Å². The van der Waals surface area contributed by atoms with E-state index >= 15 is 0 Å². The van der Waals surface area contributed by atoms with Crippen molar-refractivity contribution < 1.29 is 18.9 Å². The van der Waals surface area contributed by atoms with Gasteiger partial charge in [0, 0.05) is 11.6 Å². The molecule has 3 aromatic rings. The molecule has 0 aromatic heterocycles. The van der Waals surface area contributed by atoms with E-state index in [1.165, 1.54) is 16.5 Å². The SMILES string of the molecule is COCCOCCOCCOc1ccc2cc(-c3ccccc3Br)ccc2c1. The summed E-state index contributed by atoms with van der Waals surface area (Å²) in [4.78, 5) is 0. The fraction of sp³-hybridized carbons (Fsp3) is 0.304. The Morgan fingerprint density at radius 2 is 1.39 bits per heavy atom. The van der Waals surface area contributed by atoms with Gasteiger partial charge >= 0.3 is 0 Å². The van der Waals surface area contributed by atoms with Crippen LogP contribution in [0.1, 0.15) is 0 Å². The van der Waals surface area contributed by atoms with Crippen molar-refractivity contribution in [3.8, 4) is 16.9 Å². The monoisotopic (exact) mass is 444 g/mol. The van der Waals surface area contributed by atoms with Gasteiger partial charge in [0.15, 0.2) is 0 Å². The van der Waals surface area contributed by atoms with Gasteiger partial charge in [-0.1, -0.05) is 52.3 Å². The number of benzene rings is 3. The number of hydrogen-bond donors (Lipinski definition) is 0. The van der Waals surface area contributed by atoms with Crippen molar-refractivity contribution in [3.05, 3.63) is 65.1 Å². The lowest BCUT2D eigenvalue weighted by atomic mass is 10.0. The molecule has 0 fully saturated rings. The fourth-order valence-electron chi connectivity index (χ4n) is 2.86. The molecule has 0 N–H and O–H groups in total. The van der Waals surface area contributed by atoms with Crippen molar-refractivity contribution in [1.82, 2.24) is 0 Å². The van der Waals surface area contributed by atoms with Crippen molar-refractivity contribution in [2.75, 3.05) is 46.8 Å². The van der Waals surface area contributed by atoms with Gasteiger partial charge in [-0.05, 0) is 46.2 Å². The van der Waals surface area contributed by atoms with Gasteiger partial charge < -0.3 is 18.9 Å². The molecular formula is C23H25BrO4. The molecule has 4 nitrogen and oxygen atoms in total. The van der Waals surface area contributed by atoms with Gasteiger partial charge in [0.2, 0.25) is 0 Å². The van der Waals surface area contributed by atoms with E-state index in [4.69, 9.17) is 18.9 Å². The summed E-state index contributed by atoms with van der Waals surface area (Å²) in [5, 5.41) is 2.34. The Morgan fingerprint density at radius 3 is 2.18 bits per heavy atom. The Bertz CT molecular complexity index is 881. The first kappa shape index (κ1) is 20.8. The normalized spacial score (nSPS) is 11.1. The number of halogens is 1. The summed E-state index contributed by atoms with van der Waals surface area (Å²) in [6.07, 6.45) is 0. The van der Waals surface area contributed by atoms with Crippen LogP contribution < -0.4 is 4.74 Å². The van der Waals surface area contributed by atoms with Crippen molar-refractivity contribution in [2.45, 2.75) is 0 Å². The Kier molecular flexibility index (Phi) is 8.30. The molecule has 28 heavy (non-hydrogen) atoms. The number of methoxy groups -OCH3 is 1. The molecule has 0 unspecified atom stereocenters. The van der Waals surface area contributed by atoms with E-state index in [1.807, 2.05) is 12.1 Å². The average molecular weight is 445 g/mol. The number of rotatable bonds is 11. The van der Waals surface area contributed by atoms with Crippen molar-refractivity contribution in [3.63, 3.8) is 0 Å². The zero-order chi connectivity index (χ0) is 19.6. The lowest BCUT2D eigenvalue weighted by molar-refractivity contribution is 0.0180. The summed E-state index contributed by atoms with van der Waals surface area (Å²) in [5.41, 5.74) is 2.38. The third-order valence-electron chi connectivity index (χ3n) is 4.30. The summed E-state index contributed by atoms with van der Waals surface area (Å²) in [6.45, 7) is 3.37. The minimum atomic E-state index is 0.513. The number of ether oxygens (including phenoxy) is 4. The molecular weight excluding hydrogens is 420 g/mol. The maximum absolute atomic E-state index is 5.80. The molecule has 0 heterocycles. The Morgan fingerprint density at radius 1 is 0.714 bits per heavy atom. The molecule has 5 heteroatoms. The second-order valence-electron chi connectivity index (χ2n) is 6.27. The highest BCUT2D eigenvalue weighted by molar-refractivity contribution is 9.10. The second-order valence-corrected chi connectivity index (χ2v) is 7.12. The summed E-state index contributed by atoms with van der Waals surface area (Å²) in [6, 6.07) is 20.9. The molecule has 0 spiro atoms. The highest BCUT2D eigenvalue weighted by Crippen LogP contribution is 2.31. The highest BCUT2D eigenvalue weighted by atomic mass is 79.9. The minimum Gasteiger partial charge on any atom is -0.491 e. The molecule has 148 valence electrons. The molecule has 0 amide bonds. The standard InChI is InChI=1S/C23H25BrO4/c1-25-10-11-26-12-13-27-14-15-28-21-9-8-18-16-20(7-6-19(18)17-21)22-4-2-3-5-23(22)24/h2-9,16-17H,10-15H2,1H3. The van der Waals surface area contributed by atoms with E-state index < -0.39 is 0 Å². The minimum absolute atomic E-state index is 0.513. The third-order valence-corrected chi connectivity index (χ3v) is 4.99. The molecule has 0 aliphatic carbocycles. The van der Waals surface area contributed by atoms with Crippen LogP contribution in [0.25, 0.3) is 21.9 Å². The van der Waals surface area contributed by atoms with Gasteiger partial charge in [0.25, 0.3) is 0 Å². The molecule has 3 aromatic carbocycles. The van der Waals surface area contributed by atoms with Crippen LogP contribution in [0.5, 0.6) is 5.75 Å².